The number of benzene rings is 1. The summed E-state index contributed by atoms with van der Waals surface area (Å²) in [5.41, 5.74) is 1.56. The van der Waals surface area contributed by atoms with E-state index in [2.05, 4.69) is 4.98 Å². The monoisotopic (exact) mass is 407 g/mol. The number of para-hydroxylation sites is 1. The van der Waals surface area contributed by atoms with E-state index >= 15 is 0 Å². The second kappa shape index (κ2) is 7.63. The van der Waals surface area contributed by atoms with Gasteiger partial charge in [0.2, 0.25) is 0 Å². The third-order valence-corrected chi connectivity index (χ3v) is 6.19. The summed E-state index contributed by atoms with van der Waals surface area (Å²) in [6, 6.07) is 9.07. The molecule has 3 heterocycles. The number of hydrogen-bond donors (Lipinski definition) is 0. The van der Waals surface area contributed by atoms with Crippen molar-refractivity contribution in [1.29, 1.82) is 0 Å². The summed E-state index contributed by atoms with van der Waals surface area (Å²) in [7, 11) is 1.59. The molecule has 3 aromatic rings. The van der Waals surface area contributed by atoms with Gasteiger partial charge in [0.05, 0.1) is 19.1 Å². The molecule has 2 fully saturated rings. The molecule has 1 aromatic carbocycles. The fraction of sp³-hybridized carbons (Fsp3) is 0.435. The Kier molecular flexibility index (Phi) is 4.81. The lowest BCUT2D eigenvalue weighted by molar-refractivity contribution is 0.0652. The highest BCUT2D eigenvalue weighted by Crippen LogP contribution is 2.38. The second-order valence-corrected chi connectivity index (χ2v) is 8.30. The van der Waals surface area contributed by atoms with Crippen molar-refractivity contribution in [3.8, 4) is 5.75 Å². The Morgan fingerprint density at radius 1 is 1.20 bits per heavy atom. The zero-order chi connectivity index (χ0) is 20.7. The van der Waals surface area contributed by atoms with Crippen LogP contribution in [-0.4, -0.2) is 40.6 Å². The lowest BCUT2D eigenvalue weighted by Crippen LogP contribution is -2.40. The number of carbonyl (C=O) groups excluding carboxylic acids is 1. The van der Waals surface area contributed by atoms with Crippen LogP contribution in [0.5, 0.6) is 5.75 Å². The van der Waals surface area contributed by atoms with Crippen LogP contribution in [0.1, 0.15) is 47.8 Å². The molecular weight excluding hydrogens is 382 g/mol. The number of amides is 1. The number of likely N-dealkylation sites (tertiary alicyclic amines) is 1. The molecule has 1 amide bonds. The molecule has 0 bridgehead atoms. The van der Waals surface area contributed by atoms with Crippen LogP contribution in [0.2, 0.25) is 0 Å². The lowest BCUT2D eigenvalue weighted by Gasteiger charge is -2.31. The van der Waals surface area contributed by atoms with Crippen molar-refractivity contribution < 1.29 is 13.9 Å². The molecule has 0 N–H and O–H groups in total. The summed E-state index contributed by atoms with van der Waals surface area (Å²) in [5.74, 6) is 1.70. The Balaban J connectivity index is 1.22. The van der Waals surface area contributed by atoms with Gasteiger partial charge in [-0.2, -0.15) is 0 Å². The molecule has 0 radical (unpaired) electrons. The van der Waals surface area contributed by atoms with Crippen LogP contribution >= 0.6 is 0 Å². The molecule has 30 heavy (non-hydrogen) atoms. The molecule has 1 saturated heterocycles. The topological polar surface area (TPSA) is 77.6 Å². The number of piperidine rings is 1. The van der Waals surface area contributed by atoms with Crippen molar-refractivity contribution in [1.82, 2.24) is 14.5 Å². The quantitative estimate of drug-likeness (QED) is 0.648. The van der Waals surface area contributed by atoms with Crippen LogP contribution in [0.3, 0.4) is 0 Å². The largest absolute Gasteiger partial charge is 0.493 e. The molecule has 2 aliphatic rings. The van der Waals surface area contributed by atoms with Gasteiger partial charge in [-0.3, -0.25) is 14.2 Å². The van der Waals surface area contributed by atoms with E-state index in [1.165, 1.54) is 0 Å². The molecule has 1 aliphatic heterocycles. The Morgan fingerprint density at radius 3 is 2.70 bits per heavy atom. The van der Waals surface area contributed by atoms with Crippen molar-refractivity contribution in [2.75, 3.05) is 20.2 Å². The van der Waals surface area contributed by atoms with Crippen molar-refractivity contribution >= 4 is 16.9 Å². The summed E-state index contributed by atoms with van der Waals surface area (Å²) in [6.07, 6.45) is 5.68. The Hall–Kier alpha value is -3.09. The third kappa shape index (κ3) is 3.60. The minimum Gasteiger partial charge on any atom is -0.493 e. The van der Waals surface area contributed by atoms with Crippen LogP contribution < -0.4 is 10.3 Å². The van der Waals surface area contributed by atoms with E-state index in [0.29, 0.717) is 48.6 Å². The predicted octanol–water partition coefficient (Wildman–Crippen LogP) is 3.43. The van der Waals surface area contributed by atoms with Crippen LogP contribution in [0.15, 0.2) is 45.9 Å². The summed E-state index contributed by atoms with van der Waals surface area (Å²) < 4.78 is 12.8. The van der Waals surface area contributed by atoms with Gasteiger partial charge < -0.3 is 14.1 Å². The molecule has 7 nitrogen and oxygen atoms in total. The molecule has 1 saturated carbocycles. The first kappa shape index (κ1) is 18.9. The fourth-order valence-corrected chi connectivity index (χ4v) is 4.23. The van der Waals surface area contributed by atoms with E-state index < -0.39 is 0 Å². The van der Waals surface area contributed by atoms with Crippen LogP contribution in [0.25, 0.3) is 11.0 Å². The highest BCUT2D eigenvalue weighted by atomic mass is 16.5. The van der Waals surface area contributed by atoms with Gasteiger partial charge in [0, 0.05) is 37.0 Å². The standard InChI is InChI=1S/C23H25N3O4/c1-29-19-4-2-3-17-11-20(30-22(17)19)23(28)25-9-7-15(8-10-25)13-26-14-24-18(12-21(26)27)16-5-6-16/h2-4,11-12,14-16H,5-10,13H2,1H3. The molecule has 0 unspecified atom stereocenters. The van der Waals surface area contributed by atoms with Gasteiger partial charge in [-0.1, -0.05) is 12.1 Å². The van der Waals surface area contributed by atoms with Gasteiger partial charge in [-0.25, -0.2) is 4.98 Å². The van der Waals surface area contributed by atoms with E-state index in [1.807, 2.05) is 23.1 Å². The van der Waals surface area contributed by atoms with Crippen LogP contribution in [-0.2, 0) is 6.54 Å². The minimum atomic E-state index is -0.0978. The highest BCUT2D eigenvalue weighted by molar-refractivity contribution is 5.97. The molecular formula is C23H25N3O4. The fourth-order valence-electron chi connectivity index (χ4n) is 4.23. The summed E-state index contributed by atoms with van der Waals surface area (Å²) in [5, 5.41) is 0.856. The first-order chi connectivity index (χ1) is 14.6. The molecule has 7 heteroatoms. The number of ether oxygens (including phenoxy) is 1. The van der Waals surface area contributed by atoms with E-state index in [9.17, 15) is 9.59 Å². The number of fused-ring (bicyclic) bond motifs is 1. The number of nitrogens with zero attached hydrogens (tertiary/aromatic N) is 3. The van der Waals surface area contributed by atoms with Gasteiger partial charge in [-0.05, 0) is 43.7 Å². The minimum absolute atomic E-state index is 0.0293. The maximum Gasteiger partial charge on any atom is 0.289 e. The average Bonchev–Trinajstić information content (AvgIpc) is 3.53. The molecule has 156 valence electrons. The summed E-state index contributed by atoms with van der Waals surface area (Å²) in [4.78, 5) is 31.6. The van der Waals surface area contributed by atoms with Crippen molar-refractivity contribution in [2.45, 2.75) is 38.1 Å². The molecule has 0 atom stereocenters. The van der Waals surface area contributed by atoms with Crippen molar-refractivity contribution in [3.63, 3.8) is 0 Å². The molecule has 5 rings (SSSR count). The molecule has 1 aliphatic carbocycles. The number of hydrogen-bond acceptors (Lipinski definition) is 5. The SMILES string of the molecule is COc1cccc2cc(C(=O)N3CCC(Cn4cnc(C5CC5)cc4=O)CC3)oc12. The predicted molar refractivity (Wildman–Crippen MR) is 112 cm³/mol. The second-order valence-electron chi connectivity index (χ2n) is 8.30. The van der Waals surface area contributed by atoms with Gasteiger partial charge >= 0.3 is 0 Å². The average molecular weight is 407 g/mol. The maximum absolute atomic E-state index is 12.9. The van der Waals surface area contributed by atoms with E-state index in [-0.39, 0.29) is 11.5 Å². The number of furan rings is 1. The van der Waals surface area contributed by atoms with Gasteiger partial charge in [-0.15, -0.1) is 0 Å². The Morgan fingerprint density at radius 2 is 2.00 bits per heavy atom. The summed E-state index contributed by atoms with van der Waals surface area (Å²) >= 11 is 0. The zero-order valence-corrected chi connectivity index (χ0v) is 17.0. The lowest BCUT2D eigenvalue weighted by atomic mass is 9.96. The van der Waals surface area contributed by atoms with Gasteiger partial charge in [0.15, 0.2) is 17.1 Å². The van der Waals surface area contributed by atoms with E-state index in [0.717, 1.165) is 36.8 Å². The normalized spacial score (nSPS) is 17.4. The highest BCUT2D eigenvalue weighted by Gasteiger charge is 2.28. The Labute approximate surface area is 174 Å². The maximum atomic E-state index is 12.9. The third-order valence-electron chi connectivity index (χ3n) is 6.19. The number of rotatable bonds is 5. The number of methoxy groups -OCH3 is 1. The number of aromatic nitrogens is 2. The van der Waals surface area contributed by atoms with E-state index in [1.54, 1.807) is 30.1 Å². The summed E-state index contributed by atoms with van der Waals surface area (Å²) in [6.45, 7) is 1.96. The molecule has 0 spiro atoms. The first-order valence-electron chi connectivity index (χ1n) is 10.5. The van der Waals surface area contributed by atoms with Gasteiger partial charge in [0.25, 0.3) is 11.5 Å². The van der Waals surface area contributed by atoms with Crippen molar-refractivity contribution in [3.05, 3.63) is 58.5 Å². The first-order valence-corrected chi connectivity index (χ1v) is 10.5. The van der Waals surface area contributed by atoms with Crippen LogP contribution in [0.4, 0.5) is 0 Å². The van der Waals surface area contributed by atoms with Gasteiger partial charge in [0.1, 0.15) is 0 Å². The number of carbonyl (C=O) groups is 1. The van der Waals surface area contributed by atoms with Crippen LogP contribution in [0, 0.1) is 5.92 Å². The molecule has 2 aromatic heterocycles. The van der Waals surface area contributed by atoms with Crippen molar-refractivity contribution in [2.24, 2.45) is 5.92 Å². The zero-order valence-electron chi connectivity index (χ0n) is 17.0. The smallest absolute Gasteiger partial charge is 0.289 e. The Bertz CT molecular complexity index is 1140. The van der Waals surface area contributed by atoms with E-state index in [4.69, 9.17) is 9.15 Å².